The average Bonchev–Trinajstić information content (AvgIpc) is 2.74. The molecule has 2 rings (SSSR count). The highest BCUT2D eigenvalue weighted by molar-refractivity contribution is 7.10. The number of hydrogen-bond donors (Lipinski definition) is 1. The van der Waals surface area contributed by atoms with Crippen LogP contribution in [0.5, 0.6) is 0 Å². The Bertz CT molecular complexity index is 381. The number of carbonyl (C=O) groups is 1. The molecule has 1 N–H and O–H groups in total. The van der Waals surface area contributed by atoms with Gasteiger partial charge in [-0.2, -0.15) is 0 Å². The quantitative estimate of drug-likeness (QED) is 0.731. The molecule has 2 heterocycles. The molecule has 0 radical (unpaired) electrons. The maximum Gasteiger partial charge on any atom is 0.331 e. The fourth-order valence-corrected chi connectivity index (χ4v) is 1.18. The lowest BCUT2D eigenvalue weighted by atomic mass is 10.7. The highest BCUT2D eigenvalue weighted by Gasteiger charge is 2.04. The molecular weight excluding hydrogens is 190 g/mol. The predicted octanol–water partition coefficient (Wildman–Crippen LogP) is 0.815. The minimum absolute atomic E-state index is 0.274. The van der Waals surface area contributed by atoms with Gasteiger partial charge in [-0.1, -0.05) is 4.49 Å². The standard InChI is InChI=1S/C6H5N5OS/c12-6(11-2-1-7-4-11)9-5-3-8-10-13-5/h1-4H,(H,9,12). The van der Waals surface area contributed by atoms with Crippen LogP contribution in [0.4, 0.5) is 9.80 Å². The van der Waals surface area contributed by atoms with Crippen LogP contribution in [0.3, 0.4) is 0 Å². The van der Waals surface area contributed by atoms with E-state index >= 15 is 0 Å². The normalized spacial score (nSPS) is 9.85. The molecule has 7 heteroatoms. The highest BCUT2D eigenvalue weighted by Crippen LogP contribution is 2.09. The molecule has 0 spiro atoms. The van der Waals surface area contributed by atoms with Crippen molar-refractivity contribution >= 4 is 22.6 Å². The van der Waals surface area contributed by atoms with E-state index in [2.05, 4.69) is 19.9 Å². The van der Waals surface area contributed by atoms with Crippen LogP contribution in [-0.4, -0.2) is 25.2 Å². The first-order chi connectivity index (χ1) is 6.36. The van der Waals surface area contributed by atoms with E-state index in [1.54, 1.807) is 6.20 Å². The Morgan fingerprint density at radius 2 is 2.54 bits per heavy atom. The van der Waals surface area contributed by atoms with Gasteiger partial charge in [0.1, 0.15) is 11.3 Å². The second kappa shape index (κ2) is 3.31. The molecule has 0 aliphatic rings. The van der Waals surface area contributed by atoms with Gasteiger partial charge in [-0.3, -0.25) is 9.88 Å². The Hall–Kier alpha value is -1.76. The molecule has 0 unspecified atom stereocenters. The van der Waals surface area contributed by atoms with Gasteiger partial charge in [0.05, 0.1) is 6.20 Å². The molecular formula is C6H5N5OS. The van der Waals surface area contributed by atoms with Crippen LogP contribution in [0.1, 0.15) is 0 Å². The first-order valence-corrected chi connectivity index (χ1v) is 4.20. The van der Waals surface area contributed by atoms with E-state index in [0.29, 0.717) is 5.00 Å². The molecule has 0 atom stereocenters. The van der Waals surface area contributed by atoms with Crippen LogP contribution in [0.2, 0.25) is 0 Å². The summed E-state index contributed by atoms with van der Waals surface area (Å²) in [6.07, 6.45) is 6.00. The minimum atomic E-state index is -0.274. The van der Waals surface area contributed by atoms with Crippen molar-refractivity contribution in [2.75, 3.05) is 5.32 Å². The summed E-state index contributed by atoms with van der Waals surface area (Å²) in [6, 6.07) is -0.274. The first kappa shape index (κ1) is 7.87. The number of carbonyl (C=O) groups excluding carboxylic acids is 1. The lowest BCUT2D eigenvalue weighted by molar-refractivity contribution is 0.253. The van der Waals surface area contributed by atoms with E-state index in [-0.39, 0.29) is 6.03 Å². The fourth-order valence-electron chi connectivity index (χ4n) is 0.771. The van der Waals surface area contributed by atoms with Gasteiger partial charge in [0, 0.05) is 23.9 Å². The second-order valence-corrected chi connectivity index (χ2v) is 2.97. The first-order valence-electron chi connectivity index (χ1n) is 3.43. The topological polar surface area (TPSA) is 72.7 Å². The van der Waals surface area contributed by atoms with E-state index in [1.165, 1.54) is 23.3 Å². The van der Waals surface area contributed by atoms with Crippen molar-refractivity contribution in [2.24, 2.45) is 0 Å². The highest BCUT2D eigenvalue weighted by atomic mass is 32.1. The summed E-state index contributed by atoms with van der Waals surface area (Å²) in [4.78, 5) is 15.1. The molecule has 0 aromatic carbocycles. The number of amides is 1. The Morgan fingerprint density at radius 1 is 1.62 bits per heavy atom. The largest absolute Gasteiger partial charge is 0.331 e. The second-order valence-electron chi connectivity index (χ2n) is 2.18. The van der Waals surface area contributed by atoms with Crippen molar-refractivity contribution < 1.29 is 4.79 Å². The lowest BCUT2D eigenvalue weighted by Gasteiger charge is -1.99. The van der Waals surface area contributed by atoms with Gasteiger partial charge in [0.25, 0.3) is 0 Å². The fraction of sp³-hybridized carbons (Fsp3) is 0. The molecule has 0 aliphatic heterocycles. The van der Waals surface area contributed by atoms with Crippen LogP contribution in [0.15, 0.2) is 24.9 Å². The number of anilines is 1. The average molecular weight is 195 g/mol. The molecule has 0 aliphatic carbocycles. The molecule has 0 saturated heterocycles. The smallest absolute Gasteiger partial charge is 0.296 e. The summed E-state index contributed by atoms with van der Waals surface area (Å²) in [7, 11) is 0. The summed E-state index contributed by atoms with van der Waals surface area (Å²) >= 11 is 1.12. The summed E-state index contributed by atoms with van der Waals surface area (Å²) in [6.45, 7) is 0. The van der Waals surface area contributed by atoms with Gasteiger partial charge >= 0.3 is 6.03 Å². The zero-order valence-electron chi connectivity index (χ0n) is 6.41. The predicted molar refractivity (Wildman–Crippen MR) is 46.6 cm³/mol. The maximum atomic E-state index is 11.3. The Balaban J connectivity index is 2.08. The van der Waals surface area contributed by atoms with E-state index in [0.717, 1.165) is 11.5 Å². The Morgan fingerprint density at radius 3 is 3.15 bits per heavy atom. The molecule has 0 saturated carbocycles. The SMILES string of the molecule is O=C(Nc1cnns1)n1ccnc1. The van der Waals surface area contributed by atoms with Crippen LogP contribution in [0, 0.1) is 0 Å². The van der Waals surface area contributed by atoms with E-state index < -0.39 is 0 Å². The number of nitrogens with zero attached hydrogens (tertiary/aromatic N) is 4. The van der Waals surface area contributed by atoms with Crippen LogP contribution in [0.25, 0.3) is 0 Å². The summed E-state index contributed by atoms with van der Waals surface area (Å²) < 4.78 is 4.94. The van der Waals surface area contributed by atoms with Crippen LogP contribution >= 0.6 is 11.5 Å². The summed E-state index contributed by atoms with van der Waals surface area (Å²) in [5, 5.41) is 6.80. The van der Waals surface area contributed by atoms with Crippen LogP contribution < -0.4 is 5.32 Å². The molecule has 1 amide bonds. The molecule has 66 valence electrons. The molecule has 13 heavy (non-hydrogen) atoms. The number of rotatable bonds is 1. The zero-order valence-corrected chi connectivity index (χ0v) is 7.23. The Labute approximate surface area is 77.4 Å². The van der Waals surface area contributed by atoms with Crippen molar-refractivity contribution in [3.8, 4) is 0 Å². The van der Waals surface area contributed by atoms with Crippen LogP contribution in [-0.2, 0) is 0 Å². The van der Waals surface area contributed by atoms with E-state index in [1.807, 2.05) is 0 Å². The summed E-state index contributed by atoms with van der Waals surface area (Å²) in [5.41, 5.74) is 0. The van der Waals surface area contributed by atoms with E-state index in [4.69, 9.17) is 0 Å². The maximum absolute atomic E-state index is 11.3. The monoisotopic (exact) mass is 195 g/mol. The number of aromatic nitrogens is 4. The number of hydrogen-bond acceptors (Lipinski definition) is 5. The van der Waals surface area contributed by atoms with Gasteiger partial charge in [-0.05, 0) is 0 Å². The van der Waals surface area contributed by atoms with Crippen molar-refractivity contribution in [2.45, 2.75) is 0 Å². The van der Waals surface area contributed by atoms with Gasteiger partial charge in [0.15, 0.2) is 0 Å². The number of nitrogens with one attached hydrogen (secondary N) is 1. The lowest BCUT2D eigenvalue weighted by Crippen LogP contribution is -2.16. The van der Waals surface area contributed by atoms with Gasteiger partial charge < -0.3 is 0 Å². The molecule has 6 nitrogen and oxygen atoms in total. The van der Waals surface area contributed by atoms with Gasteiger partial charge in [0.2, 0.25) is 0 Å². The zero-order chi connectivity index (χ0) is 9.10. The van der Waals surface area contributed by atoms with Crippen molar-refractivity contribution in [1.29, 1.82) is 0 Å². The van der Waals surface area contributed by atoms with Crippen molar-refractivity contribution in [1.82, 2.24) is 19.1 Å². The van der Waals surface area contributed by atoms with Crippen molar-refractivity contribution in [3.63, 3.8) is 0 Å². The van der Waals surface area contributed by atoms with Gasteiger partial charge in [-0.25, -0.2) is 9.78 Å². The van der Waals surface area contributed by atoms with Gasteiger partial charge in [-0.15, -0.1) is 5.10 Å². The molecule has 0 fully saturated rings. The van der Waals surface area contributed by atoms with E-state index in [9.17, 15) is 4.79 Å². The summed E-state index contributed by atoms with van der Waals surface area (Å²) in [5.74, 6) is 0. The third-order valence-corrected chi connectivity index (χ3v) is 1.91. The third kappa shape index (κ3) is 1.70. The number of imidazole rings is 1. The van der Waals surface area contributed by atoms with Crippen molar-refractivity contribution in [3.05, 3.63) is 24.9 Å². The molecule has 0 bridgehead atoms. The molecule has 2 aromatic heterocycles. The minimum Gasteiger partial charge on any atom is -0.296 e. The third-order valence-electron chi connectivity index (χ3n) is 1.33. The molecule has 2 aromatic rings. The Kier molecular flexibility index (Phi) is 2.01.